The minimum atomic E-state index is -0.907. The molecule has 3 amide bonds. The molecule has 0 radical (unpaired) electrons. The van der Waals surface area contributed by atoms with Gasteiger partial charge in [0.25, 0.3) is 0 Å². The van der Waals surface area contributed by atoms with Gasteiger partial charge in [-0.3, -0.25) is 10.1 Å². The standard InChI is InChI=1S/C36H45ClF2N4O7/c1-22(2)32(42-35(47)50-36(3,4)5)33(45)48-17-8-7-11-27(43(6)30(44)16-14-23-10-9-12-28(39)31(23)37)21-49-34(46)41-29-19-25-18-26(38)15-13-24(25)20-40-29/h9-10,12-13,15,18-20,22,27,32H,7-8,11,14,16-17,21H2,1-6H3,(H,42,47)(H,40,41,46)/t27-,32+/m0/s1. The SMILES string of the molecule is CC(C)[C@@H](NC(=O)OC(C)(C)C)C(=O)OCCCC[C@@H](COC(=O)Nc1cc2cc(F)ccc2cn1)N(C)C(=O)CCc1cccc(F)c1Cl. The van der Waals surface area contributed by atoms with E-state index in [9.17, 15) is 28.0 Å². The summed E-state index contributed by atoms with van der Waals surface area (Å²) in [6.45, 7) is 8.58. The van der Waals surface area contributed by atoms with Gasteiger partial charge in [-0.25, -0.2) is 28.1 Å². The van der Waals surface area contributed by atoms with E-state index in [1.54, 1.807) is 53.8 Å². The molecule has 3 rings (SSSR count). The largest absolute Gasteiger partial charge is 0.464 e. The summed E-state index contributed by atoms with van der Waals surface area (Å²) >= 11 is 6.07. The number of likely N-dealkylation sites (N-methyl/N-ethyl adjacent to an activating group) is 1. The van der Waals surface area contributed by atoms with Crippen LogP contribution >= 0.6 is 11.6 Å². The Hall–Kier alpha value is -4.52. The van der Waals surface area contributed by atoms with E-state index in [4.69, 9.17) is 25.8 Å². The topological polar surface area (TPSA) is 136 Å². The zero-order valence-corrected chi connectivity index (χ0v) is 29.9. The first-order chi connectivity index (χ1) is 23.5. The van der Waals surface area contributed by atoms with E-state index in [1.165, 1.54) is 41.4 Å². The van der Waals surface area contributed by atoms with E-state index in [2.05, 4.69) is 15.6 Å². The van der Waals surface area contributed by atoms with Crippen molar-refractivity contribution >= 4 is 52.3 Å². The van der Waals surface area contributed by atoms with Crippen LogP contribution in [0.4, 0.5) is 24.2 Å². The maximum absolute atomic E-state index is 13.9. The number of alkyl carbamates (subject to hydrolysis) is 1. The molecule has 0 bridgehead atoms. The van der Waals surface area contributed by atoms with E-state index >= 15 is 0 Å². The van der Waals surface area contributed by atoms with Gasteiger partial charge in [0.05, 0.1) is 17.7 Å². The lowest BCUT2D eigenvalue weighted by molar-refractivity contribution is -0.147. The minimum absolute atomic E-state index is 0.0266. The second-order valence-electron chi connectivity index (χ2n) is 13.2. The first-order valence-corrected chi connectivity index (χ1v) is 16.8. The Labute approximate surface area is 296 Å². The van der Waals surface area contributed by atoms with Crippen molar-refractivity contribution in [2.24, 2.45) is 5.92 Å². The molecule has 14 heteroatoms. The van der Waals surface area contributed by atoms with Gasteiger partial charge in [0.15, 0.2) is 0 Å². The van der Waals surface area contributed by atoms with Crippen molar-refractivity contribution in [3.63, 3.8) is 0 Å². The summed E-state index contributed by atoms with van der Waals surface area (Å²) in [4.78, 5) is 56.5. The number of ether oxygens (including phenoxy) is 3. The predicted molar refractivity (Wildman–Crippen MR) is 186 cm³/mol. The Morgan fingerprint density at radius 2 is 1.72 bits per heavy atom. The van der Waals surface area contributed by atoms with Crippen LogP contribution in [0.2, 0.25) is 5.02 Å². The molecule has 1 aromatic heterocycles. The second kappa shape index (κ2) is 18.5. The highest BCUT2D eigenvalue weighted by Gasteiger charge is 2.28. The zero-order chi connectivity index (χ0) is 37.0. The lowest BCUT2D eigenvalue weighted by atomic mass is 10.0. The second-order valence-corrected chi connectivity index (χ2v) is 13.6. The molecule has 50 heavy (non-hydrogen) atoms. The Balaban J connectivity index is 1.59. The molecule has 0 unspecified atom stereocenters. The van der Waals surface area contributed by atoms with E-state index in [1.807, 2.05) is 0 Å². The quantitative estimate of drug-likeness (QED) is 0.0941. The van der Waals surface area contributed by atoms with Gasteiger partial charge in [0.1, 0.15) is 35.7 Å². The highest BCUT2D eigenvalue weighted by molar-refractivity contribution is 6.31. The van der Waals surface area contributed by atoms with Gasteiger partial charge in [-0.1, -0.05) is 37.6 Å². The van der Waals surface area contributed by atoms with Crippen LogP contribution in [0.1, 0.15) is 65.9 Å². The summed E-state index contributed by atoms with van der Waals surface area (Å²) in [5.41, 5.74) is -0.239. The van der Waals surface area contributed by atoms with Crippen LogP contribution in [0.3, 0.4) is 0 Å². The first kappa shape index (κ1) is 39.9. The average molecular weight is 719 g/mol. The Kier molecular flexibility index (Phi) is 14.7. The maximum atomic E-state index is 13.9. The monoisotopic (exact) mass is 718 g/mol. The van der Waals surface area contributed by atoms with Gasteiger partial charge in [0, 0.05) is 25.1 Å². The molecule has 272 valence electrons. The van der Waals surface area contributed by atoms with Crippen LogP contribution in [0.25, 0.3) is 10.8 Å². The van der Waals surface area contributed by atoms with Crippen molar-refractivity contribution in [2.45, 2.75) is 84.4 Å². The number of nitrogens with one attached hydrogen (secondary N) is 2. The molecule has 1 heterocycles. The third kappa shape index (κ3) is 12.7. The van der Waals surface area contributed by atoms with Crippen LogP contribution in [0.5, 0.6) is 0 Å². The number of nitrogens with zero attached hydrogens (tertiary/aromatic N) is 2. The summed E-state index contributed by atoms with van der Waals surface area (Å²) in [5, 5.41) is 6.27. The molecule has 11 nitrogen and oxygen atoms in total. The van der Waals surface area contributed by atoms with Gasteiger partial charge >= 0.3 is 18.2 Å². The number of unbranched alkanes of at least 4 members (excludes halogenated alkanes) is 1. The number of aryl methyl sites for hydroxylation is 1. The van der Waals surface area contributed by atoms with Crippen molar-refractivity contribution in [3.05, 3.63) is 70.9 Å². The third-order valence-electron chi connectivity index (χ3n) is 7.67. The van der Waals surface area contributed by atoms with Crippen molar-refractivity contribution in [3.8, 4) is 0 Å². The van der Waals surface area contributed by atoms with Crippen LogP contribution < -0.4 is 10.6 Å². The van der Waals surface area contributed by atoms with Gasteiger partial charge in [0.2, 0.25) is 5.91 Å². The van der Waals surface area contributed by atoms with Crippen molar-refractivity contribution in [1.82, 2.24) is 15.2 Å². The van der Waals surface area contributed by atoms with Crippen molar-refractivity contribution in [2.75, 3.05) is 25.6 Å². The molecule has 0 saturated carbocycles. The molecule has 2 aromatic carbocycles. The van der Waals surface area contributed by atoms with Crippen LogP contribution in [0, 0.1) is 17.6 Å². The lowest BCUT2D eigenvalue weighted by Gasteiger charge is -2.28. The summed E-state index contributed by atoms with van der Waals surface area (Å²) in [6.07, 6.45) is 1.46. The Bertz CT molecular complexity index is 1650. The fraction of sp³-hybridized carbons (Fsp3) is 0.472. The smallest absolute Gasteiger partial charge is 0.412 e. The number of anilines is 1. The maximum Gasteiger partial charge on any atom is 0.412 e. The molecule has 0 aliphatic carbocycles. The van der Waals surface area contributed by atoms with Crippen LogP contribution in [-0.2, 0) is 30.2 Å². The van der Waals surface area contributed by atoms with Crippen molar-refractivity contribution in [1.29, 1.82) is 0 Å². The normalized spacial score (nSPS) is 12.6. The average Bonchev–Trinajstić information content (AvgIpc) is 3.03. The molecular weight excluding hydrogens is 674 g/mol. The summed E-state index contributed by atoms with van der Waals surface area (Å²) in [6, 6.07) is 8.65. The molecule has 0 aliphatic heterocycles. The third-order valence-corrected chi connectivity index (χ3v) is 8.09. The number of esters is 1. The molecule has 0 fully saturated rings. The molecular formula is C36H45ClF2N4O7. The number of carbonyl (C=O) groups excluding carboxylic acids is 4. The van der Waals surface area contributed by atoms with Gasteiger partial charge in [-0.05, 0) is 93.7 Å². The summed E-state index contributed by atoms with van der Waals surface area (Å²) < 4.78 is 43.8. The Morgan fingerprint density at radius 1 is 0.980 bits per heavy atom. The number of fused-ring (bicyclic) bond motifs is 1. The molecule has 2 atom stereocenters. The van der Waals surface area contributed by atoms with Gasteiger partial charge < -0.3 is 24.4 Å². The number of carbonyl (C=O) groups is 4. The fourth-order valence-electron chi connectivity index (χ4n) is 4.92. The molecule has 0 saturated heterocycles. The van der Waals surface area contributed by atoms with Crippen LogP contribution in [0.15, 0.2) is 48.7 Å². The van der Waals surface area contributed by atoms with Crippen LogP contribution in [-0.4, -0.2) is 71.9 Å². The Morgan fingerprint density at radius 3 is 2.42 bits per heavy atom. The number of halogens is 3. The molecule has 0 aliphatic rings. The lowest BCUT2D eigenvalue weighted by Crippen LogP contribution is -2.47. The number of amides is 3. The summed E-state index contributed by atoms with van der Waals surface area (Å²) in [7, 11) is 1.58. The fourth-order valence-corrected chi connectivity index (χ4v) is 5.14. The first-order valence-electron chi connectivity index (χ1n) is 16.4. The number of hydrogen-bond acceptors (Lipinski definition) is 8. The number of hydrogen-bond donors (Lipinski definition) is 2. The van der Waals surface area contributed by atoms with Gasteiger partial charge in [-0.15, -0.1) is 0 Å². The zero-order valence-electron chi connectivity index (χ0n) is 29.2. The van der Waals surface area contributed by atoms with Crippen molar-refractivity contribution < 1.29 is 42.2 Å². The van der Waals surface area contributed by atoms with E-state index < -0.39 is 47.5 Å². The molecule has 3 aromatic rings. The highest BCUT2D eigenvalue weighted by atomic mass is 35.5. The number of benzene rings is 2. The molecule has 0 spiro atoms. The minimum Gasteiger partial charge on any atom is -0.464 e. The predicted octanol–water partition coefficient (Wildman–Crippen LogP) is 7.44. The summed E-state index contributed by atoms with van der Waals surface area (Å²) in [5.74, 6) is -1.99. The van der Waals surface area contributed by atoms with Gasteiger partial charge in [-0.2, -0.15) is 0 Å². The number of rotatable bonds is 15. The number of pyridine rings is 1. The van der Waals surface area contributed by atoms with E-state index in [0.29, 0.717) is 35.6 Å². The highest BCUT2D eigenvalue weighted by Crippen LogP contribution is 2.22. The van der Waals surface area contributed by atoms with E-state index in [0.717, 1.165) is 0 Å². The number of aromatic nitrogens is 1. The van der Waals surface area contributed by atoms with E-state index in [-0.39, 0.29) is 48.7 Å². The molecule has 2 N–H and O–H groups in total.